The van der Waals surface area contributed by atoms with Crippen LogP contribution >= 0.6 is 0 Å². The first-order chi connectivity index (χ1) is 3.81. The van der Waals surface area contributed by atoms with E-state index < -0.39 is 0 Å². The average molecular weight is 220 g/mol. The molecule has 0 aliphatic carbocycles. The van der Waals surface area contributed by atoms with Gasteiger partial charge in [-0.15, -0.1) is 0 Å². The molecule has 0 aromatic carbocycles. The van der Waals surface area contributed by atoms with Crippen molar-refractivity contribution in [1.29, 1.82) is 0 Å². The number of ether oxygens (including phenoxy) is 1. The first-order valence-electron chi connectivity index (χ1n) is 2.61. The molecule has 0 spiro atoms. The number of esters is 1. The number of hydrogen-bond donors (Lipinski definition) is 0. The van der Waals surface area contributed by atoms with Gasteiger partial charge in [0.15, 0.2) is 0 Å². The van der Waals surface area contributed by atoms with Crippen LogP contribution in [0.5, 0.6) is 0 Å². The van der Waals surface area contributed by atoms with Crippen molar-refractivity contribution in [3.8, 4) is 0 Å². The zero-order valence-corrected chi connectivity index (χ0v) is 7.79. The Hall–Kier alpha value is 0.269. The monoisotopic (exact) mass is 221 g/mol. The van der Waals surface area contributed by atoms with Gasteiger partial charge in [-0.3, -0.25) is 0 Å². The van der Waals surface area contributed by atoms with E-state index >= 15 is 0 Å². The van der Waals surface area contributed by atoms with Gasteiger partial charge in [0, 0.05) is 0 Å². The molecular formula is C5H9O2Sn+3. The van der Waals surface area contributed by atoms with E-state index in [2.05, 4.69) is 4.74 Å². The second-order valence-electron chi connectivity index (χ2n) is 1.31. The molecule has 0 saturated heterocycles. The molecule has 0 unspecified atom stereocenters. The van der Waals surface area contributed by atoms with Gasteiger partial charge in [-0.2, -0.15) is 0 Å². The van der Waals surface area contributed by atoms with E-state index in [1.165, 1.54) is 22.5 Å². The van der Waals surface area contributed by atoms with Gasteiger partial charge >= 0.3 is 62.4 Å². The molecule has 0 bridgehead atoms. The van der Waals surface area contributed by atoms with Gasteiger partial charge in [-0.05, 0) is 0 Å². The predicted octanol–water partition coefficient (Wildman–Crippen LogP) is 0.526. The van der Waals surface area contributed by atoms with Crippen LogP contribution in [0.4, 0.5) is 0 Å². The molecule has 0 aliphatic rings. The number of rotatable bonds is 3. The summed E-state index contributed by atoms with van der Waals surface area (Å²) in [5.74, 6) is -0.0655. The van der Waals surface area contributed by atoms with Crippen molar-refractivity contribution in [2.45, 2.75) is 17.8 Å². The van der Waals surface area contributed by atoms with Crippen molar-refractivity contribution in [3.05, 3.63) is 0 Å². The standard InChI is InChI=1S/C5H9O2.Sn/c1-3-5(6)7-4-2;/h1,3-4H2,2H3;/q;+3. The number of hydrogen-bond acceptors (Lipinski definition) is 2. The van der Waals surface area contributed by atoms with Crippen LogP contribution in [-0.2, 0) is 9.53 Å². The van der Waals surface area contributed by atoms with Crippen LogP contribution in [0, 0.1) is 0 Å². The van der Waals surface area contributed by atoms with Crippen LogP contribution in [0.1, 0.15) is 13.3 Å². The molecule has 0 amide bonds. The van der Waals surface area contributed by atoms with Gasteiger partial charge in [0.25, 0.3) is 0 Å². The first kappa shape index (κ1) is 8.27. The molecule has 0 atom stereocenters. The normalized spacial score (nSPS) is 8.88. The second-order valence-corrected chi connectivity index (χ2v) is 2.73. The molecule has 2 nitrogen and oxygen atoms in total. The van der Waals surface area contributed by atoms with Gasteiger partial charge in [-0.1, -0.05) is 0 Å². The fraction of sp³-hybridized carbons (Fsp3) is 0.800. The van der Waals surface area contributed by atoms with E-state index in [-0.39, 0.29) is 5.97 Å². The third-order valence-corrected chi connectivity index (χ3v) is 1.35. The molecule has 0 N–H and O–H groups in total. The molecule has 0 rings (SSSR count). The SMILES string of the molecule is CCOC(=O)C[CH2][Sn+3]. The summed E-state index contributed by atoms with van der Waals surface area (Å²) in [6.45, 7) is 2.33. The van der Waals surface area contributed by atoms with Crippen molar-refractivity contribution in [3.63, 3.8) is 0 Å². The Morgan fingerprint density at radius 1 is 1.75 bits per heavy atom. The molecule has 0 aromatic rings. The summed E-state index contributed by atoms with van der Waals surface area (Å²) < 4.78 is 5.62. The Morgan fingerprint density at radius 2 is 2.38 bits per heavy atom. The fourth-order valence-corrected chi connectivity index (χ4v) is 0.918. The third-order valence-electron chi connectivity index (χ3n) is 0.634. The number of carbonyl (C=O) groups excluding carboxylic acids is 1. The second kappa shape index (κ2) is 5.41. The molecule has 3 heteroatoms. The van der Waals surface area contributed by atoms with Crippen molar-refractivity contribution in [2.75, 3.05) is 6.61 Å². The van der Waals surface area contributed by atoms with Gasteiger partial charge in [0.1, 0.15) is 0 Å². The van der Waals surface area contributed by atoms with Gasteiger partial charge < -0.3 is 0 Å². The molecule has 0 aliphatic heterocycles. The van der Waals surface area contributed by atoms with Crippen molar-refractivity contribution in [2.24, 2.45) is 0 Å². The van der Waals surface area contributed by atoms with E-state index in [0.29, 0.717) is 13.0 Å². The molecular weight excluding hydrogens is 211 g/mol. The van der Waals surface area contributed by atoms with Crippen molar-refractivity contribution >= 4 is 28.5 Å². The van der Waals surface area contributed by atoms with Crippen LogP contribution in [-0.4, -0.2) is 35.1 Å². The van der Waals surface area contributed by atoms with Crippen LogP contribution in [0.2, 0.25) is 4.44 Å². The molecule has 42 valence electrons. The van der Waals surface area contributed by atoms with E-state index in [1.54, 1.807) is 0 Å². The first-order valence-corrected chi connectivity index (χ1v) is 4.63. The van der Waals surface area contributed by atoms with Crippen molar-refractivity contribution < 1.29 is 9.53 Å². The Bertz CT molecular complexity index is 64.8. The summed E-state index contributed by atoms with van der Waals surface area (Å²) in [7, 11) is 0. The van der Waals surface area contributed by atoms with Gasteiger partial charge in [0.05, 0.1) is 0 Å². The minimum absolute atomic E-state index is 0.0655. The van der Waals surface area contributed by atoms with Crippen LogP contribution in [0.15, 0.2) is 0 Å². The van der Waals surface area contributed by atoms with Crippen LogP contribution in [0.3, 0.4) is 0 Å². The topological polar surface area (TPSA) is 26.3 Å². The molecule has 8 heavy (non-hydrogen) atoms. The molecule has 0 saturated carbocycles. The summed E-state index contributed by atoms with van der Waals surface area (Å²) >= 11 is 1.40. The fourth-order valence-electron chi connectivity index (χ4n) is 0.335. The van der Waals surface area contributed by atoms with E-state index in [0.717, 1.165) is 4.44 Å². The zero-order chi connectivity index (χ0) is 6.41. The summed E-state index contributed by atoms with van der Waals surface area (Å²) in [6.07, 6.45) is 0.589. The number of carbonyl (C=O) groups is 1. The Labute approximate surface area is 62.7 Å². The Morgan fingerprint density at radius 3 is 2.75 bits per heavy atom. The molecule has 0 radical (unpaired) electrons. The molecule has 0 aromatic heterocycles. The molecule has 0 heterocycles. The summed E-state index contributed by atoms with van der Waals surface area (Å²) in [6, 6.07) is 0. The predicted molar refractivity (Wildman–Crippen MR) is 31.8 cm³/mol. The van der Waals surface area contributed by atoms with Crippen LogP contribution < -0.4 is 0 Å². The summed E-state index contributed by atoms with van der Waals surface area (Å²) in [5.41, 5.74) is 0. The molecule has 0 fully saturated rings. The van der Waals surface area contributed by atoms with E-state index in [1.807, 2.05) is 6.92 Å². The Balaban J connectivity index is 3.06. The summed E-state index contributed by atoms with van der Waals surface area (Å²) in [5, 5.41) is 0. The average Bonchev–Trinajstić information content (AvgIpc) is 1.68. The van der Waals surface area contributed by atoms with Crippen LogP contribution in [0.25, 0.3) is 0 Å². The zero-order valence-electron chi connectivity index (χ0n) is 4.94. The summed E-state index contributed by atoms with van der Waals surface area (Å²) in [4.78, 5) is 10.4. The van der Waals surface area contributed by atoms with E-state index in [4.69, 9.17) is 0 Å². The Kier molecular flexibility index (Phi) is 5.59. The maximum absolute atomic E-state index is 10.4. The van der Waals surface area contributed by atoms with Crippen molar-refractivity contribution in [1.82, 2.24) is 0 Å². The maximum atomic E-state index is 10.4. The van der Waals surface area contributed by atoms with Gasteiger partial charge in [0.2, 0.25) is 0 Å². The quantitative estimate of drug-likeness (QED) is 0.512. The third kappa shape index (κ3) is 4.43. The van der Waals surface area contributed by atoms with E-state index in [9.17, 15) is 4.79 Å². The minimum atomic E-state index is -0.0655. The van der Waals surface area contributed by atoms with Gasteiger partial charge in [-0.25, -0.2) is 0 Å².